The van der Waals surface area contributed by atoms with Gasteiger partial charge in [0.15, 0.2) is 5.82 Å². The summed E-state index contributed by atoms with van der Waals surface area (Å²) in [5.41, 5.74) is 4.72. The van der Waals surface area contributed by atoms with E-state index in [1.54, 1.807) is 25.1 Å². The Kier molecular flexibility index (Phi) is 12.4. The quantitative estimate of drug-likeness (QED) is 0.123. The fraction of sp³-hybridized carbons (Fsp3) is 0.413. The van der Waals surface area contributed by atoms with Crippen LogP contribution in [-0.2, 0) is 10.2 Å². The molecule has 4 amide bonds. The number of nitrogens with one attached hydrogen (secondary N) is 3. The van der Waals surface area contributed by atoms with Crippen molar-refractivity contribution in [3.05, 3.63) is 101 Å². The highest BCUT2D eigenvalue weighted by Crippen LogP contribution is 2.32. The molecule has 3 fully saturated rings. The molecule has 2 aromatic heterocycles. The summed E-state index contributed by atoms with van der Waals surface area (Å²) in [6.07, 6.45) is 3.59. The van der Waals surface area contributed by atoms with Crippen LogP contribution in [-0.4, -0.2) is 95.2 Å². The molecular formula is C46H53F2N11O4. The van der Waals surface area contributed by atoms with Crippen LogP contribution in [0, 0.1) is 24.5 Å². The van der Waals surface area contributed by atoms with E-state index in [0.717, 1.165) is 81.3 Å². The SMILES string of the molecule is Cc1cc(-c2cc(Nc3ccc(N4CCN(CC5CCN(c6ccc(N7CCC(=O)NC7=O)c(F)c6)CC5)CC4)cc3)ncn2)c(F)cc1[C@@H](C)NC(=O)c1nc(C(C)(C)C)no1. The number of piperidine rings is 1. The van der Waals surface area contributed by atoms with E-state index >= 15 is 8.78 Å². The molecule has 3 aliphatic rings. The molecule has 0 saturated carbocycles. The van der Waals surface area contributed by atoms with Gasteiger partial charge in [-0.25, -0.2) is 23.5 Å². The topological polar surface area (TPSA) is 165 Å². The van der Waals surface area contributed by atoms with Gasteiger partial charge in [-0.1, -0.05) is 25.9 Å². The molecule has 3 aromatic carbocycles. The Morgan fingerprint density at radius 1 is 0.889 bits per heavy atom. The number of piperazine rings is 1. The van der Waals surface area contributed by atoms with Crippen LogP contribution < -0.4 is 30.7 Å². The van der Waals surface area contributed by atoms with E-state index in [2.05, 4.69) is 62.9 Å². The summed E-state index contributed by atoms with van der Waals surface area (Å²) in [7, 11) is 0. The zero-order valence-corrected chi connectivity index (χ0v) is 36.3. The molecule has 0 radical (unpaired) electrons. The van der Waals surface area contributed by atoms with Gasteiger partial charge >= 0.3 is 17.8 Å². The second-order valence-electron chi connectivity index (χ2n) is 17.6. The third-order valence-corrected chi connectivity index (χ3v) is 12.1. The summed E-state index contributed by atoms with van der Waals surface area (Å²) in [5.74, 6) is -0.461. The molecule has 15 nitrogen and oxygen atoms in total. The van der Waals surface area contributed by atoms with E-state index in [-0.39, 0.29) is 35.9 Å². The van der Waals surface area contributed by atoms with Crippen LogP contribution in [0.1, 0.15) is 80.6 Å². The van der Waals surface area contributed by atoms with Crippen molar-refractivity contribution in [1.82, 2.24) is 35.6 Å². The lowest BCUT2D eigenvalue weighted by molar-refractivity contribution is -0.120. The number of benzene rings is 3. The predicted molar refractivity (Wildman–Crippen MR) is 236 cm³/mol. The average Bonchev–Trinajstić information content (AvgIpc) is 3.78. The van der Waals surface area contributed by atoms with E-state index in [1.165, 1.54) is 23.4 Å². The number of hydrogen-bond donors (Lipinski definition) is 3. The van der Waals surface area contributed by atoms with Crippen molar-refractivity contribution in [2.75, 3.05) is 72.4 Å². The maximum absolute atomic E-state index is 15.7. The van der Waals surface area contributed by atoms with Gasteiger partial charge in [0.25, 0.3) is 0 Å². The summed E-state index contributed by atoms with van der Waals surface area (Å²) in [4.78, 5) is 58.0. The lowest BCUT2D eigenvalue weighted by Gasteiger charge is -2.40. The molecule has 17 heteroatoms. The number of imide groups is 1. The number of aromatic nitrogens is 4. The molecule has 0 unspecified atom stereocenters. The van der Waals surface area contributed by atoms with Crippen molar-refractivity contribution in [1.29, 1.82) is 0 Å². The Morgan fingerprint density at radius 2 is 1.60 bits per heavy atom. The summed E-state index contributed by atoms with van der Waals surface area (Å²) >= 11 is 0. The minimum atomic E-state index is -0.591. The summed E-state index contributed by atoms with van der Waals surface area (Å²) in [5, 5.41) is 12.3. The third-order valence-electron chi connectivity index (χ3n) is 12.1. The second kappa shape index (κ2) is 18.1. The minimum Gasteiger partial charge on any atom is -0.371 e. The molecule has 8 rings (SSSR count). The lowest BCUT2D eigenvalue weighted by Crippen LogP contribution is -2.50. The van der Waals surface area contributed by atoms with Crippen LogP contribution >= 0.6 is 0 Å². The Labute approximate surface area is 365 Å². The molecule has 5 aromatic rings. The van der Waals surface area contributed by atoms with E-state index in [0.29, 0.717) is 34.4 Å². The highest BCUT2D eigenvalue weighted by Gasteiger charge is 2.29. The van der Waals surface area contributed by atoms with Crippen molar-refractivity contribution in [2.45, 2.75) is 65.3 Å². The molecule has 5 heterocycles. The van der Waals surface area contributed by atoms with Gasteiger partial charge in [-0.2, -0.15) is 4.98 Å². The largest absolute Gasteiger partial charge is 0.371 e. The Balaban J connectivity index is 0.799. The fourth-order valence-corrected chi connectivity index (χ4v) is 8.43. The van der Waals surface area contributed by atoms with Gasteiger partial charge in [0.1, 0.15) is 23.8 Å². The van der Waals surface area contributed by atoms with Gasteiger partial charge in [0.2, 0.25) is 5.91 Å². The summed E-state index contributed by atoms with van der Waals surface area (Å²) in [6, 6.07) is 16.9. The van der Waals surface area contributed by atoms with Crippen molar-refractivity contribution >= 4 is 46.4 Å². The monoisotopic (exact) mass is 861 g/mol. The Hall–Kier alpha value is -6.49. The number of carbonyl (C=O) groups is 3. The molecule has 3 saturated heterocycles. The second-order valence-corrected chi connectivity index (χ2v) is 17.6. The number of carbonyl (C=O) groups excluding carboxylic acids is 3. The van der Waals surface area contributed by atoms with Crippen LogP contribution in [0.3, 0.4) is 0 Å². The predicted octanol–water partition coefficient (Wildman–Crippen LogP) is 7.13. The smallest absolute Gasteiger partial charge is 0.328 e. The van der Waals surface area contributed by atoms with Crippen molar-refractivity contribution in [3.63, 3.8) is 0 Å². The Morgan fingerprint density at radius 3 is 2.29 bits per heavy atom. The number of nitrogens with zero attached hydrogens (tertiary/aromatic N) is 8. The van der Waals surface area contributed by atoms with Crippen LogP contribution in [0.4, 0.5) is 42.1 Å². The third kappa shape index (κ3) is 9.93. The molecular weight excluding hydrogens is 809 g/mol. The zero-order chi connectivity index (χ0) is 44.4. The molecule has 0 spiro atoms. The molecule has 330 valence electrons. The number of halogens is 2. The first kappa shape index (κ1) is 43.2. The van der Waals surface area contributed by atoms with E-state index < -0.39 is 29.6 Å². The zero-order valence-electron chi connectivity index (χ0n) is 36.3. The number of hydrogen-bond acceptors (Lipinski definition) is 12. The molecule has 1 atom stereocenters. The van der Waals surface area contributed by atoms with Crippen molar-refractivity contribution < 1.29 is 27.7 Å². The van der Waals surface area contributed by atoms with Gasteiger partial charge in [-0.15, -0.1) is 0 Å². The molecule has 63 heavy (non-hydrogen) atoms. The van der Waals surface area contributed by atoms with E-state index in [9.17, 15) is 14.4 Å². The van der Waals surface area contributed by atoms with Crippen LogP contribution in [0.15, 0.2) is 71.5 Å². The summed E-state index contributed by atoms with van der Waals surface area (Å²) < 4.78 is 36.0. The first-order valence-corrected chi connectivity index (χ1v) is 21.5. The summed E-state index contributed by atoms with van der Waals surface area (Å²) in [6.45, 7) is 16.1. The number of urea groups is 1. The maximum atomic E-state index is 15.7. The first-order chi connectivity index (χ1) is 30.2. The highest BCUT2D eigenvalue weighted by molar-refractivity contribution is 6.05. The Bertz CT molecular complexity index is 2480. The van der Waals surface area contributed by atoms with E-state index in [4.69, 9.17) is 4.52 Å². The van der Waals surface area contributed by atoms with Gasteiger partial charge in [-0.05, 0) is 98.3 Å². The molecule has 0 bridgehead atoms. The molecule has 0 aliphatic carbocycles. The van der Waals surface area contributed by atoms with Gasteiger partial charge in [-0.3, -0.25) is 24.7 Å². The average molecular weight is 862 g/mol. The van der Waals surface area contributed by atoms with Gasteiger partial charge in [0.05, 0.1) is 17.4 Å². The minimum absolute atomic E-state index is 0.145. The fourth-order valence-electron chi connectivity index (χ4n) is 8.43. The maximum Gasteiger partial charge on any atom is 0.328 e. The van der Waals surface area contributed by atoms with Crippen molar-refractivity contribution in [2.24, 2.45) is 5.92 Å². The van der Waals surface area contributed by atoms with Gasteiger partial charge in [0, 0.05) is 92.9 Å². The number of amides is 4. The highest BCUT2D eigenvalue weighted by atomic mass is 19.1. The number of aryl methyl sites for hydroxylation is 1. The number of rotatable bonds is 11. The lowest BCUT2D eigenvalue weighted by atomic mass is 9.95. The number of anilines is 5. The van der Waals surface area contributed by atoms with Crippen LogP contribution in [0.2, 0.25) is 0 Å². The standard InChI is InChI=1S/C46H53F2N11O4/c1-28-22-35(36(47)24-34(28)29(2)51-42(61)43-54-44(55-63-43)46(3,4)5)38-25-40(50-27-49-38)52-31-6-8-32(9-7-31)58-20-18-56(19-21-58)26-30-12-15-57(16-13-30)33-10-11-39(37(48)23-33)59-17-14-41(60)53-45(59)62/h6-11,22-25,27,29-30H,12-21,26H2,1-5H3,(H,51,61)(H,49,50,52)(H,53,60,62)/t29-/m1/s1. The van der Waals surface area contributed by atoms with Crippen LogP contribution in [0.5, 0.6) is 0 Å². The van der Waals surface area contributed by atoms with Crippen molar-refractivity contribution in [3.8, 4) is 11.3 Å². The normalized spacial score (nSPS) is 17.2. The van der Waals surface area contributed by atoms with Gasteiger partial charge < -0.3 is 25.0 Å². The van der Waals surface area contributed by atoms with Crippen LogP contribution in [0.25, 0.3) is 11.3 Å². The first-order valence-electron chi connectivity index (χ1n) is 21.5. The molecule has 3 N–H and O–H groups in total. The molecule has 3 aliphatic heterocycles. The van der Waals surface area contributed by atoms with E-state index in [1.807, 2.05) is 45.9 Å².